The molecule has 0 saturated carbocycles. The second-order valence-corrected chi connectivity index (χ2v) is 4.79. The lowest BCUT2D eigenvalue weighted by Gasteiger charge is -2.01. The largest absolute Gasteiger partial charge is 0.465 e. The minimum Gasteiger partial charge on any atom is -0.465 e. The number of carbonyl (C=O) groups is 1. The average Bonchev–Trinajstić information content (AvgIpc) is 2.96. The van der Waals surface area contributed by atoms with E-state index in [4.69, 9.17) is 4.42 Å². The van der Waals surface area contributed by atoms with Crippen LogP contribution in [0.5, 0.6) is 0 Å². The molecule has 1 aromatic heterocycles. The van der Waals surface area contributed by atoms with Crippen molar-refractivity contribution in [3.63, 3.8) is 0 Å². The number of furan rings is 1. The van der Waals surface area contributed by atoms with Crippen molar-refractivity contribution in [1.29, 1.82) is 0 Å². The lowest BCUT2D eigenvalue weighted by atomic mass is 10.1. The van der Waals surface area contributed by atoms with E-state index in [2.05, 4.69) is 11.7 Å². The van der Waals surface area contributed by atoms with Crippen molar-refractivity contribution < 1.29 is 13.9 Å². The fraction of sp³-hybridized carbons (Fsp3) is 0.353. The zero-order valence-electron chi connectivity index (χ0n) is 12.0. The predicted molar refractivity (Wildman–Crippen MR) is 78.7 cm³/mol. The number of esters is 1. The Morgan fingerprint density at radius 3 is 2.50 bits per heavy atom. The molecule has 0 aliphatic carbocycles. The molecule has 3 nitrogen and oxygen atoms in total. The summed E-state index contributed by atoms with van der Waals surface area (Å²) in [7, 11) is 1.38. The Morgan fingerprint density at radius 2 is 1.85 bits per heavy atom. The Balaban J connectivity index is 2.06. The third-order valence-electron chi connectivity index (χ3n) is 3.28. The van der Waals surface area contributed by atoms with Crippen LogP contribution in [0.4, 0.5) is 0 Å². The standard InChI is InChI=1S/C17H20O3/c1-3-4-5-6-15-11-12-16(20-15)13-7-9-14(10-8-13)17(18)19-2/h7-12H,3-6H2,1-2H3. The van der Waals surface area contributed by atoms with E-state index in [1.54, 1.807) is 12.1 Å². The summed E-state index contributed by atoms with van der Waals surface area (Å²) in [5.74, 6) is 1.54. The van der Waals surface area contributed by atoms with Gasteiger partial charge >= 0.3 is 5.97 Å². The van der Waals surface area contributed by atoms with Crippen molar-refractivity contribution in [2.45, 2.75) is 32.6 Å². The van der Waals surface area contributed by atoms with Gasteiger partial charge in [0, 0.05) is 12.0 Å². The molecule has 2 rings (SSSR count). The predicted octanol–water partition coefficient (Wildman–Crippen LogP) is 4.47. The van der Waals surface area contributed by atoms with E-state index in [1.807, 2.05) is 24.3 Å². The second-order valence-electron chi connectivity index (χ2n) is 4.79. The number of hydrogen-bond acceptors (Lipinski definition) is 3. The van der Waals surface area contributed by atoms with Gasteiger partial charge in [0.05, 0.1) is 12.7 Å². The topological polar surface area (TPSA) is 39.4 Å². The monoisotopic (exact) mass is 272 g/mol. The number of carbonyl (C=O) groups excluding carboxylic acids is 1. The van der Waals surface area contributed by atoms with E-state index in [0.717, 1.165) is 29.9 Å². The quantitative estimate of drug-likeness (QED) is 0.575. The van der Waals surface area contributed by atoms with Gasteiger partial charge in [0.1, 0.15) is 11.5 Å². The third-order valence-corrected chi connectivity index (χ3v) is 3.28. The SMILES string of the molecule is CCCCCc1ccc(-c2ccc(C(=O)OC)cc2)o1. The van der Waals surface area contributed by atoms with E-state index in [1.165, 1.54) is 20.0 Å². The second kappa shape index (κ2) is 6.94. The zero-order valence-corrected chi connectivity index (χ0v) is 12.0. The molecule has 0 atom stereocenters. The van der Waals surface area contributed by atoms with Crippen LogP contribution in [0, 0.1) is 0 Å². The molecule has 0 radical (unpaired) electrons. The number of rotatable bonds is 6. The Morgan fingerprint density at radius 1 is 1.10 bits per heavy atom. The molecule has 3 heteroatoms. The fourth-order valence-electron chi connectivity index (χ4n) is 2.11. The highest BCUT2D eigenvalue weighted by Crippen LogP contribution is 2.23. The van der Waals surface area contributed by atoms with Crippen molar-refractivity contribution in [3.05, 3.63) is 47.7 Å². The first kappa shape index (κ1) is 14.4. The summed E-state index contributed by atoms with van der Waals surface area (Å²) in [5, 5.41) is 0. The number of ether oxygens (including phenoxy) is 1. The van der Waals surface area contributed by atoms with E-state index in [0.29, 0.717) is 5.56 Å². The van der Waals surface area contributed by atoms with Gasteiger partial charge in [-0.05, 0) is 30.7 Å². The van der Waals surface area contributed by atoms with Crippen LogP contribution in [0.25, 0.3) is 11.3 Å². The third kappa shape index (κ3) is 3.50. The van der Waals surface area contributed by atoms with Crippen LogP contribution in [0.2, 0.25) is 0 Å². The fourth-order valence-corrected chi connectivity index (χ4v) is 2.11. The highest BCUT2D eigenvalue weighted by molar-refractivity contribution is 5.89. The molecule has 0 fully saturated rings. The summed E-state index contributed by atoms with van der Waals surface area (Å²) in [4.78, 5) is 11.4. The lowest BCUT2D eigenvalue weighted by Crippen LogP contribution is -2.00. The van der Waals surface area contributed by atoms with E-state index >= 15 is 0 Å². The minimum absolute atomic E-state index is 0.323. The summed E-state index contributed by atoms with van der Waals surface area (Å²) in [6.07, 6.45) is 4.57. The summed E-state index contributed by atoms with van der Waals surface area (Å²) in [6, 6.07) is 11.3. The number of benzene rings is 1. The van der Waals surface area contributed by atoms with Gasteiger partial charge in [-0.3, -0.25) is 0 Å². The molecule has 0 aliphatic rings. The van der Waals surface area contributed by atoms with E-state index in [-0.39, 0.29) is 5.97 Å². The first-order chi connectivity index (χ1) is 9.74. The van der Waals surface area contributed by atoms with Gasteiger partial charge in [0.2, 0.25) is 0 Å². The number of hydrogen-bond donors (Lipinski definition) is 0. The van der Waals surface area contributed by atoms with Crippen LogP contribution >= 0.6 is 0 Å². The molecule has 0 amide bonds. The Hall–Kier alpha value is -2.03. The summed E-state index contributed by atoms with van der Waals surface area (Å²) >= 11 is 0. The molecule has 106 valence electrons. The Kier molecular flexibility index (Phi) is 4.99. The maximum atomic E-state index is 11.4. The molecule has 1 heterocycles. The van der Waals surface area contributed by atoms with Crippen molar-refractivity contribution in [1.82, 2.24) is 0 Å². The molecule has 1 aromatic carbocycles. The maximum absolute atomic E-state index is 11.4. The Labute approximate surface area is 119 Å². The molecule has 0 saturated heterocycles. The maximum Gasteiger partial charge on any atom is 0.337 e. The first-order valence-electron chi connectivity index (χ1n) is 7.02. The molecule has 2 aromatic rings. The van der Waals surface area contributed by atoms with Crippen molar-refractivity contribution in [2.75, 3.05) is 7.11 Å². The van der Waals surface area contributed by atoms with Gasteiger partial charge in [-0.2, -0.15) is 0 Å². The van der Waals surface area contributed by atoms with E-state index in [9.17, 15) is 4.79 Å². The van der Waals surface area contributed by atoms with Crippen molar-refractivity contribution >= 4 is 5.97 Å². The summed E-state index contributed by atoms with van der Waals surface area (Å²) in [6.45, 7) is 2.19. The summed E-state index contributed by atoms with van der Waals surface area (Å²) < 4.78 is 10.5. The molecular formula is C17H20O3. The molecule has 0 spiro atoms. The van der Waals surface area contributed by atoms with Gasteiger partial charge in [-0.1, -0.05) is 31.9 Å². The van der Waals surface area contributed by atoms with Gasteiger partial charge in [0.15, 0.2) is 0 Å². The molecule has 0 N–H and O–H groups in total. The van der Waals surface area contributed by atoms with Crippen LogP contribution in [-0.4, -0.2) is 13.1 Å². The van der Waals surface area contributed by atoms with Crippen LogP contribution < -0.4 is 0 Å². The van der Waals surface area contributed by atoms with Crippen molar-refractivity contribution in [2.24, 2.45) is 0 Å². The Bertz CT molecular complexity index is 552. The van der Waals surface area contributed by atoms with Gasteiger partial charge in [-0.25, -0.2) is 4.79 Å². The molecule has 0 unspecified atom stereocenters. The highest BCUT2D eigenvalue weighted by Gasteiger charge is 2.08. The zero-order chi connectivity index (χ0) is 14.4. The number of unbranched alkanes of at least 4 members (excludes halogenated alkanes) is 2. The van der Waals surface area contributed by atoms with E-state index < -0.39 is 0 Å². The molecule has 0 aliphatic heterocycles. The van der Waals surface area contributed by atoms with Crippen LogP contribution in [0.3, 0.4) is 0 Å². The lowest BCUT2D eigenvalue weighted by molar-refractivity contribution is 0.0601. The molecule has 20 heavy (non-hydrogen) atoms. The van der Waals surface area contributed by atoms with Crippen LogP contribution in [0.15, 0.2) is 40.8 Å². The highest BCUT2D eigenvalue weighted by atomic mass is 16.5. The smallest absolute Gasteiger partial charge is 0.337 e. The van der Waals surface area contributed by atoms with Crippen LogP contribution in [0.1, 0.15) is 42.3 Å². The van der Waals surface area contributed by atoms with Gasteiger partial charge in [-0.15, -0.1) is 0 Å². The first-order valence-corrected chi connectivity index (χ1v) is 7.02. The summed E-state index contributed by atoms with van der Waals surface area (Å²) in [5.41, 5.74) is 1.52. The van der Waals surface area contributed by atoms with Gasteiger partial charge in [0.25, 0.3) is 0 Å². The number of aryl methyl sites for hydroxylation is 1. The molecular weight excluding hydrogens is 252 g/mol. The normalized spacial score (nSPS) is 10.5. The van der Waals surface area contributed by atoms with Crippen LogP contribution in [-0.2, 0) is 11.2 Å². The average molecular weight is 272 g/mol. The van der Waals surface area contributed by atoms with Gasteiger partial charge < -0.3 is 9.15 Å². The van der Waals surface area contributed by atoms with Crippen molar-refractivity contribution in [3.8, 4) is 11.3 Å². The molecule has 0 bridgehead atoms. The number of methoxy groups -OCH3 is 1. The minimum atomic E-state index is -0.323.